The molecule has 2 amide bonds. The van der Waals surface area contributed by atoms with Crippen LogP contribution < -0.4 is 25.2 Å². The maximum Gasteiger partial charge on any atom is 0.299 e. The fourth-order valence-electron chi connectivity index (χ4n) is 7.76. The molecule has 1 fully saturated rings. The van der Waals surface area contributed by atoms with Gasteiger partial charge in [0.2, 0.25) is 11.7 Å². The van der Waals surface area contributed by atoms with Crippen molar-refractivity contribution in [2.75, 3.05) is 43.0 Å². The van der Waals surface area contributed by atoms with Crippen molar-refractivity contribution < 1.29 is 19.1 Å². The first kappa shape index (κ1) is 37.0. The predicted octanol–water partition coefficient (Wildman–Crippen LogP) is 5.86. The van der Waals surface area contributed by atoms with E-state index in [1.165, 1.54) is 10.8 Å². The van der Waals surface area contributed by atoms with Crippen LogP contribution in [0, 0.1) is 13.8 Å². The molecule has 0 radical (unpaired) electrons. The van der Waals surface area contributed by atoms with Crippen LogP contribution in [0.3, 0.4) is 0 Å². The van der Waals surface area contributed by atoms with E-state index >= 15 is 0 Å². The van der Waals surface area contributed by atoms with Crippen LogP contribution in [0.1, 0.15) is 45.5 Å². The maximum atomic E-state index is 14.6. The van der Waals surface area contributed by atoms with Gasteiger partial charge in [-0.05, 0) is 84.1 Å². The third-order valence-corrected chi connectivity index (χ3v) is 11.7. The van der Waals surface area contributed by atoms with Crippen molar-refractivity contribution in [2.24, 2.45) is 0 Å². The molecule has 2 aliphatic rings. The number of nitrogens with zero attached hydrogens (tertiary/aromatic N) is 8. The zero-order chi connectivity index (χ0) is 39.9. The zero-order valence-electron chi connectivity index (χ0n) is 32.4. The van der Waals surface area contributed by atoms with E-state index in [1.54, 1.807) is 27.7 Å². The van der Waals surface area contributed by atoms with Crippen LogP contribution in [-0.4, -0.2) is 78.6 Å². The summed E-state index contributed by atoms with van der Waals surface area (Å²) in [6.07, 6.45) is 2.59. The lowest BCUT2D eigenvalue weighted by Crippen LogP contribution is -2.51. The maximum absolute atomic E-state index is 14.6. The molecular formula is C43H41N9O5S. The molecule has 3 aromatic carbocycles. The van der Waals surface area contributed by atoms with Gasteiger partial charge in [-0.1, -0.05) is 37.3 Å². The molecule has 0 saturated carbocycles. The van der Waals surface area contributed by atoms with Gasteiger partial charge in [-0.3, -0.25) is 14.4 Å². The summed E-state index contributed by atoms with van der Waals surface area (Å²) < 4.78 is 16.1. The minimum atomic E-state index is -0.340. The lowest BCUT2D eigenvalue weighted by Gasteiger charge is -2.36. The van der Waals surface area contributed by atoms with Crippen LogP contribution in [0.4, 0.5) is 11.4 Å². The first-order valence-corrected chi connectivity index (χ1v) is 20.2. The molecule has 0 unspecified atom stereocenters. The van der Waals surface area contributed by atoms with Gasteiger partial charge >= 0.3 is 0 Å². The van der Waals surface area contributed by atoms with Crippen molar-refractivity contribution in [3.63, 3.8) is 0 Å². The van der Waals surface area contributed by atoms with E-state index in [-0.39, 0.29) is 42.0 Å². The molecule has 9 rings (SSSR count). The number of benzene rings is 3. The zero-order valence-corrected chi connectivity index (χ0v) is 33.2. The Morgan fingerprint density at radius 1 is 0.983 bits per heavy atom. The highest BCUT2D eigenvalue weighted by atomic mass is 32.1. The molecule has 58 heavy (non-hydrogen) atoms. The molecule has 0 atom stereocenters. The summed E-state index contributed by atoms with van der Waals surface area (Å²) in [5, 5.41) is 11.0. The monoisotopic (exact) mass is 795 g/mol. The number of nitrogens with one attached hydrogen (secondary N) is 1. The number of hydrogen-bond donors (Lipinski definition) is 1. The Bertz CT molecular complexity index is 2770. The topological polar surface area (TPSA) is 149 Å². The van der Waals surface area contributed by atoms with Crippen LogP contribution >= 0.6 is 11.3 Å². The Hall–Kier alpha value is -6.61. The minimum Gasteiger partial charge on any atom is -0.493 e. The molecule has 294 valence electrons. The van der Waals surface area contributed by atoms with Crippen LogP contribution in [0.25, 0.3) is 27.3 Å². The largest absolute Gasteiger partial charge is 0.493 e. The van der Waals surface area contributed by atoms with Gasteiger partial charge in [-0.25, -0.2) is 9.97 Å². The summed E-state index contributed by atoms with van der Waals surface area (Å²) >= 11 is 1.66. The SMILES string of the molecule is CCc1c(N2CCN(C(=O)c3ncnc(C)c3OCc3ccccc3)CC2)c(=O)n2nc(-c3ccc4c(c3)CCO4)nc2n1CC(=O)Nc1cc2ccsc2cc1C. The molecule has 7 aromatic rings. The summed E-state index contributed by atoms with van der Waals surface area (Å²) in [5.74, 6) is 1.29. The van der Waals surface area contributed by atoms with Crippen LogP contribution in [0.2, 0.25) is 0 Å². The molecule has 1 N–H and O–H groups in total. The number of piperazine rings is 1. The normalized spacial score (nSPS) is 13.8. The number of ether oxygens (including phenoxy) is 2. The Morgan fingerprint density at radius 2 is 1.81 bits per heavy atom. The van der Waals surface area contributed by atoms with Crippen molar-refractivity contribution in [3.8, 4) is 22.9 Å². The van der Waals surface area contributed by atoms with Gasteiger partial charge in [0.1, 0.15) is 30.9 Å². The lowest BCUT2D eigenvalue weighted by atomic mass is 10.1. The fourth-order valence-corrected chi connectivity index (χ4v) is 8.63. The van der Waals surface area contributed by atoms with E-state index in [4.69, 9.17) is 19.6 Å². The minimum absolute atomic E-state index is 0.103. The third-order valence-electron chi connectivity index (χ3n) is 10.8. The molecule has 0 spiro atoms. The number of carbonyl (C=O) groups excluding carboxylic acids is 2. The number of anilines is 2. The van der Waals surface area contributed by atoms with Gasteiger partial charge in [0.15, 0.2) is 17.3 Å². The van der Waals surface area contributed by atoms with E-state index in [0.717, 1.165) is 50.2 Å². The molecular weight excluding hydrogens is 755 g/mol. The van der Waals surface area contributed by atoms with E-state index in [2.05, 4.69) is 21.4 Å². The van der Waals surface area contributed by atoms with E-state index in [0.29, 0.717) is 67.9 Å². The second-order valence-electron chi connectivity index (χ2n) is 14.5. The Morgan fingerprint density at radius 3 is 2.62 bits per heavy atom. The van der Waals surface area contributed by atoms with Crippen molar-refractivity contribution in [3.05, 3.63) is 123 Å². The van der Waals surface area contributed by atoms with Gasteiger partial charge < -0.3 is 29.2 Å². The summed E-state index contributed by atoms with van der Waals surface area (Å²) in [6.45, 7) is 7.88. The van der Waals surface area contributed by atoms with Gasteiger partial charge in [0.05, 0.1) is 18.0 Å². The average Bonchev–Trinajstić information content (AvgIpc) is 4.02. The van der Waals surface area contributed by atoms with Crippen LogP contribution in [0.15, 0.2) is 83.2 Å². The molecule has 14 nitrogen and oxygen atoms in total. The van der Waals surface area contributed by atoms with Crippen molar-refractivity contribution in [2.45, 2.75) is 46.8 Å². The molecule has 0 aliphatic carbocycles. The number of amides is 2. The Balaban J connectivity index is 1.03. The molecule has 1 saturated heterocycles. The summed E-state index contributed by atoms with van der Waals surface area (Å²) in [4.78, 5) is 59.8. The first-order valence-electron chi connectivity index (χ1n) is 19.3. The summed E-state index contributed by atoms with van der Waals surface area (Å²) in [6, 6.07) is 21.6. The van der Waals surface area contributed by atoms with Gasteiger partial charge in [0, 0.05) is 48.6 Å². The Labute approximate surface area is 337 Å². The van der Waals surface area contributed by atoms with Crippen molar-refractivity contribution in [1.82, 2.24) is 34.0 Å². The molecule has 6 heterocycles. The first-order chi connectivity index (χ1) is 28.2. The molecule has 2 aliphatic heterocycles. The molecule has 15 heteroatoms. The van der Waals surface area contributed by atoms with Gasteiger partial charge in [-0.2, -0.15) is 9.50 Å². The number of aromatic nitrogens is 6. The lowest BCUT2D eigenvalue weighted by molar-refractivity contribution is -0.116. The second kappa shape index (κ2) is 15.4. The van der Waals surface area contributed by atoms with Crippen molar-refractivity contribution >= 4 is 50.4 Å². The van der Waals surface area contributed by atoms with E-state index < -0.39 is 0 Å². The van der Waals surface area contributed by atoms with Crippen LogP contribution in [-0.2, 0) is 30.8 Å². The van der Waals surface area contributed by atoms with Crippen LogP contribution in [0.5, 0.6) is 11.5 Å². The fraction of sp³-hybridized carbons (Fsp3) is 0.279. The Kier molecular flexibility index (Phi) is 9.81. The highest BCUT2D eigenvalue weighted by Crippen LogP contribution is 2.31. The number of hydrogen-bond acceptors (Lipinski definition) is 11. The number of thiophene rings is 1. The average molecular weight is 796 g/mol. The summed E-state index contributed by atoms with van der Waals surface area (Å²) in [7, 11) is 0. The number of carbonyl (C=O) groups is 2. The quantitative estimate of drug-likeness (QED) is 0.179. The van der Waals surface area contributed by atoms with E-state index in [9.17, 15) is 14.4 Å². The molecule has 4 aromatic heterocycles. The summed E-state index contributed by atoms with van der Waals surface area (Å²) in [5.41, 5.74) is 5.95. The van der Waals surface area contributed by atoms with Crippen molar-refractivity contribution in [1.29, 1.82) is 0 Å². The number of fused-ring (bicyclic) bond motifs is 3. The van der Waals surface area contributed by atoms with E-state index in [1.807, 2.05) is 84.8 Å². The highest BCUT2D eigenvalue weighted by molar-refractivity contribution is 7.17. The van der Waals surface area contributed by atoms with Gasteiger partial charge in [-0.15, -0.1) is 16.4 Å². The second-order valence-corrected chi connectivity index (χ2v) is 15.4. The standard InChI is InChI=1S/C43H41N9O5S/c1-4-33-38(49-14-16-50(17-15-49)41(54)37-39(27(3)44-25-45-37)57-24-28-8-6-5-7-9-28)42(55)52-43(47-40(48-52)31-10-11-34-29(21-31)12-18-56-34)51(33)23-36(53)46-32-22-30-13-19-58-35(30)20-26(32)2/h5-11,13,19-22,25H,4,12,14-18,23-24H2,1-3H3,(H,46,53). The number of aryl methyl sites for hydroxylation is 2. The highest BCUT2D eigenvalue weighted by Gasteiger charge is 2.31. The smallest absolute Gasteiger partial charge is 0.299 e. The molecule has 0 bridgehead atoms. The predicted molar refractivity (Wildman–Crippen MR) is 222 cm³/mol. The number of rotatable bonds is 10. The van der Waals surface area contributed by atoms with Gasteiger partial charge in [0.25, 0.3) is 11.5 Å². The third kappa shape index (κ3) is 6.91.